The number of benzene rings is 8. The highest BCUT2D eigenvalue weighted by Crippen LogP contribution is 2.58. The van der Waals surface area contributed by atoms with Gasteiger partial charge >= 0.3 is 0 Å². The van der Waals surface area contributed by atoms with Gasteiger partial charge in [0.05, 0.1) is 21.5 Å². The van der Waals surface area contributed by atoms with Gasteiger partial charge in [-0.05, 0) is 69.3 Å². The van der Waals surface area contributed by atoms with E-state index in [1.165, 1.54) is 70.4 Å². The van der Waals surface area contributed by atoms with Crippen LogP contribution in [0.5, 0.6) is 0 Å². The Bertz CT molecular complexity index is 2650. The largest absolute Gasteiger partial charge is 0.308 e. The molecule has 0 saturated heterocycles. The Kier molecular flexibility index (Phi) is 6.97. The van der Waals surface area contributed by atoms with Crippen molar-refractivity contribution < 1.29 is 0 Å². The lowest BCUT2D eigenvalue weighted by atomic mass is 9.67. The summed E-state index contributed by atoms with van der Waals surface area (Å²) < 4.78 is 2.58. The van der Waals surface area contributed by atoms with E-state index in [0.717, 1.165) is 11.4 Å². The van der Waals surface area contributed by atoms with Gasteiger partial charge in [0.15, 0.2) is 0 Å². The summed E-state index contributed by atoms with van der Waals surface area (Å²) in [6.07, 6.45) is 0. The standard InChI is InChI=1S/C49H33NS/c1-4-17-34(18-5-1)38-23-11-14-28-45(38)50(46-29-16-26-42-41-25-12-15-30-47(41)51-48(42)46)37-31-32-40-39-24-10-13-27-43(39)49(44(40)33-37,35-19-6-2-7-20-35)36-21-8-3-9-22-36/h1-33H. The van der Waals surface area contributed by atoms with Crippen molar-refractivity contribution in [2.24, 2.45) is 0 Å². The Balaban J connectivity index is 1.30. The van der Waals surface area contributed by atoms with Crippen molar-refractivity contribution in [1.82, 2.24) is 0 Å². The summed E-state index contributed by atoms with van der Waals surface area (Å²) in [6.45, 7) is 0. The summed E-state index contributed by atoms with van der Waals surface area (Å²) in [7, 11) is 0. The molecule has 0 bridgehead atoms. The van der Waals surface area contributed by atoms with E-state index in [2.05, 4.69) is 205 Å². The van der Waals surface area contributed by atoms with Crippen LogP contribution in [0.4, 0.5) is 17.1 Å². The van der Waals surface area contributed by atoms with Crippen molar-refractivity contribution in [2.45, 2.75) is 5.41 Å². The average Bonchev–Trinajstić information content (AvgIpc) is 3.74. The number of fused-ring (bicyclic) bond motifs is 6. The monoisotopic (exact) mass is 667 g/mol. The highest BCUT2D eigenvalue weighted by atomic mass is 32.1. The minimum Gasteiger partial charge on any atom is -0.308 e. The molecule has 0 N–H and O–H groups in total. The molecule has 2 heteroatoms. The average molecular weight is 668 g/mol. The van der Waals surface area contributed by atoms with Gasteiger partial charge in [-0.25, -0.2) is 0 Å². The first-order valence-corrected chi connectivity index (χ1v) is 18.3. The second kappa shape index (κ2) is 12.0. The molecule has 1 aromatic heterocycles. The van der Waals surface area contributed by atoms with E-state index < -0.39 is 5.41 Å². The van der Waals surface area contributed by atoms with Gasteiger partial charge in [0.2, 0.25) is 0 Å². The molecule has 1 aliphatic rings. The lowest BCUT2D eigenvalue weighted by molar-refractivity contribution is 0.768. The Labute approximate surface area is 302 Å². The Hall–Kier alpha value is -6.22. The number of hydrogen-bond donors (Lipinski definition) is 0. The van der Waals surface area contributed by atoms with Crippen LogP contribution in [0.25, 0.3) is 42.4 Å². The molecule has 1 nitrogen and oxygen atoms in total. The van der Waals surface area contributed by atoms with Crippen molar-refractivity contribution in [3.05, 3.63) is 222 Å². The molecule has 0 radical (unpaired) electrons. The normalized spacial score (nSPS) is 12.9. The van der Waals surface area contributed by atoms with Crippen LogP contribution in [0.3, 0.4) is 0 Å². The molecule has 1 heterocycles. The fourth-order valence-electron chi connectivity index (χ4n) is 8.42. The van der Waals surface area contributed by atoms with E-state index in [9.17, 15) is 0 Å². The van der Waals surface area contributed by atoms with E-state index in [-0.39, 0.29) is 0 Å². The summed E-state index contributed by atoms with van der Waals surface area (Å²) in [5.41, 5.74) is 13.1. The maximum atomic E-state index is 2.50. The SMILES string of the molecule is c1ccc(-c2ccccc2N(c2ccc3c(c2)C(c2ccccc2)(c2ccccc2)c2ccccc2-3)c2cccc3c2sc2ccccc23)cc1. The van der Waals surface area contributed by atoms with Crippen LogP contribution in [0, 0.1) is 0 Å². The maximum absolute atomic E-state index is 2.50. The lowest BCUT2D eigenvalue weighted by Gasteiger charge is -2.35. The summed E-state index contributed by atoms with van der Waals surface area (Å²) in [5, 5.41) is 2.58. The molecule has 51 heavy (non-hydrogen) atoms. The van der Waals surface area contributed by atoms with E-state index in [1.807, 2.05) is 11.3 Å². The molecule has 0 aliphatic heterocycles. The van der Waals surface area contributed by atoms with E-state index in [4.69, 9.17) is 0 Å². The number of rotatable bonds is 6. The highest BCUT2D eigenvalue weighted by Gasteiger charge is 2.46. The molecule has 1 aliphatic carbocycles. The molecule has 8 aromatic carbocycles. The summed E-state index contributed by atoms with van der Waals surface area (Å²) in [6, 6.07) is 73.5. The van der Waals surface area contributed by atoms with Crippen LogP contribution in [-0.4, -0.2) is 0 Å². The van der Waals surface area contributed by atoms with Gasteiger partial charge in [-0.2, -0.15) is 0 Å². The van der Waals surface area contributed by atoms with Crippen molar-refractivity contribution in [3.8, 4) is 22.3 Å². The Morgan fingerprint density at radius 2 is 0.961 bits per heavy atom. The molecule has 240 valence electrons. The highest BCUT2D eigenvalue weighted by molar-refractivity contribution is 7.26. The zero-order chi connectivity index (χ0) is 33.8. The van der Waals surface area contributed by atoms with Crippen LogP contribution in [0.2, 0.25) is 0 Å². The van der Waals surface area contributed by atoms with E-state index >= 15 is 0 Å². The van der Waals surface area contributed by atoms with Crippen LogP contribution in [-0.2, 0) is 5.41 Å². The van der Waals surface area contributed by atoms with Gasteiger partial charge in [-0.3, -0.25) is 0 Å². The molecule has 9 aromatic rings. The topological polar surface area (TPSA) is 3.24 Å². The van der Waals surface area contributed by atoms with Crippen LogP contribution >= 0.6 is 11.3 Å². The minimum absolute atomic E-state index is 0.487. The summed E-state index contributed by atoms with van der Waals surface area (Å²) >= 11 is 1.87. The predicted octanol–water partition coefficient (Wildman–Crippen LogP) is 13.6. The second-order valence-corrected chi connectivity index (χ2v) is 14.3. The van der Waals surface area contributed by atoms with Crippen LogP contribution < -0.4 is 4.90 Å². The maximum Gasteiger partial charge on any atom is 0.0714 e. The molecule has 0 atom stereocenters. The molecule has 0 spiro atoms. The van der Waals surface area contributed by atoms with Gasteiger partial charge in [-0.15, -0.1) is 11.3 Å². The number of para-hydroxylation sites is 1. The molecule has 10 rings (SSSR count). The lowest BCUT2D eigenvalue weighted by Crippen LogP contribution is -2.28. The van der Waals surface area contributed by atoms with Crippen molar-refractivity contribution in [2.75, 3.05) is 4.90 Å². The Morgan fingerprint density at radius 1 is 0.392 bits per heavy atom. The Morgan fingerprint density at radius 3 is 1.73 bits per heavy atom. The van der Waals surface area contributed by atoms with E-state index in [0.29, 0.717) is 0 Å². The fourth-order valence-corrected chi connectivity index (χ4v) is 9.62. The fraction of sp³-hybridized carbons (Fsp3) is 0.0204. The summed E-state index contributed by atoms with van der Waals surface area (Å²) in [4.78, 5) is 2.50. The third-order valence-electron chi connectivity index (χ3n) is 10.6. The van der Waals surface area contributed by atoms with Gasteiger partial charge in [0.1, 0.15) is 0 Å². The first kappa shape index (κ1) is 29.7. The number of hydrogen-bond acceptors (Lipinski definition) is 2. The smallest absolute Gasteiger partial charge is 0.0714 e. The van der Waals surface area contributed by atoms with Crippen molar-refractivity contribution in [1.29, 1.82) is 0 Å². The van der Waals surface area contributed by atoms with Crippen molar-refractivity contribution in [3.63, 3.8) is 0 Å². The zero-order valence-corrected chi connectivity index (χ0v) is 28.7. The predicted molar refractivity (Wildman–Crippen MR) is 217 cm³/mol. The molecule has 0 fully saturated rings. The van der Waals surface area contributed by atoms with Gasteiger partial charge in [0, 0.05) is 26.7 Å². The first-order chi connectivity index (χ1) is 25.3. The summed E-state index contributed by atoms with van der Waals surface area (Å²) in [5.74, 6) is 0. The third-order valence-corrected chi connectivity index (χ3v) is 11.8. The molecule has 0 saturated carbocycles. The van der Waals surface area contributed by atoms with Crippen LogP contribution in [0.1, 0.15) is 22.3 Å². The minimum atomic E-state index is -0.487. The number of thiophene rings is 1. The quantitative estimate of drug-likeness (QED) is 0.171. The number of anilines is 3. The van der Waals surface area contributed by atoms with Crippen molar-refractivity contribution >= 4 is 48.6 Å². The third kappa shape index (κ3) is 4.54. The van der Waals surface area contributed by atoms with Gasteiger partial charge in [-0.1, -0.05) is 170 Å². The second-order valence-electron chi connectivity index (χ2n) is 13.2. The molecular weight excluding hydrogens is 635 g/mol. The van der Waals surface area contributed by atoms with E-state index in [1.54, 1.807) is 0 Å². The van der Waals surface area contributed by atoms with Crippen LogP contribution in [0.15, 0.2) is 200 Å². The molecule has 0 amide bonds. The molecular formula is C49H33NS. The van der Waals surface area contributed by atoms with Gasteiger partial charge in [0.25, 0.3) is 0 Å². The first-order valence-electron chi connectivity index (χ1n) is 17.5. The zero-order valence-electron chi connectivity index (χ0n) is 27.9. The number of nitrogens with zero attached hydrogens (tertiary/aromatic N) is 1. The van der Waals surface area contributed by atoms with Gasteiger partial charge < -0.3 is 4.90 Å². The molecule has 0 unspecified atom stereocenters.